The van der Waals surface area contributed by atoms with Gasteiger partial charge in [-0.1, -0.05) is 34.1 Å². The van der Waals surface area contributed by atoms with Gasteiger partial charge in [0.15, 0.2) is 0 Å². The van der Waals surface area contributed by atoms with Gasteiger partial charge in [0.05, 0.1) is 22.4 Å². The van der Waals surface area contributed by atoms with Crippen molar-refractivity contribution in [3.05, 3.63) is 36.0 Å². The summed E-state index contributed by atoms with van der Waals surface area (Å²) in [5.74, 6) is -1.78. The molecule has 8 heteroatoms. The van der Waals surface area contributed by atoms with Crippen LogP contribution in [-0.4, -0.2) is 33.0 Å². The van der Waals surface area contributed by atoms with Crippen molar-refractivity contribution in [1.82, 2.24) is 15.8 Å². The molecule has 24 heavy (non-hydrogen) atoms. The molecule has 7 nitrogen and oxygen atoms in total. The van der Waals surface area contributed by atoms with Gasteiger partial charge in [-0.15, -0.1) is 0 Å². The van der Waals surface area contributed by atoms with E-state index in [1.807, 2.05) is 30.5 Å². The Kier molecular flexibility index (Phi) is 3.49. The first-order chi connectivity index (χ1) is 11.6. The van der Waals surface area contributed by atoms with Crippen LogP contribution in [0.15, 0.2) is 40.7 Å². The number of benzene rings is 1. The van der Waals surface area contributed by atoms with E-state index in [0.29, 0.717) is 11.4 Å². The summed E-state index contributed by atoms with van der Waals surface area (Å²) in [7, 11) is 0. The van der Waals surface area contributed by atoms with Crippen LogP contribution in [0.5, 0.6) is 0 Å². The number of rotatable bonds is 2. The molecule has 0 saturated heterocycles. The Morgan fingerprint density at radius 3 is 2.58 bits per heavy atom. The van der Waals surface area contributed by atoms with E-state index in [4.69, 9.17) is 0 Å². The van der Waals surface area contributed by atoms with Crippen molar-refractivity contribution in [1.29, 1.82) is 0 Å². The normalized spacial score (nSPS) is 26.8. The zero-order chi connectivity index (χ0) is 16.8. The highest BCUT2D eigenvalue weighted by molar-refractivity contribution is 9.10. The van der Waals surface area contributed by atoms with Crippen molar-refractivity contribution in [2.24, 2.45) is 22.0 Å². The number of H-pyrrole nitrogens is 1. The summed E-state index contributed by atoms with van der Waals surface area (Å²) < 4.78 is 0. The van der Waals surface area contributed by atoms with Gasteiger partial charge in [0.1, 0.15) is 0 Å². The Morgan fingerprint density at radius 2 is 1.83 bits per heavy atom. The molecule has 0 radical (unpaired) electrons. The van der Waals surface area contributed by atoms with Gasteiger partial charge in [0, 0.05) is 28.4 Å². The first kappa shape index (κ1) is 15.1. The fraction of sp³-hybridized carbons (Fsp3) is 0.250. The van der Waals surface area contributed by atoms with Crippen molar-refractivity contribution in [3.8, 4) is 0 Å². The smallest absolute Gasteiger partial charge is 0.249 e. The maximum atomic E-state index is 12.4. The second-order valence-corrected chi connectivity index (χ2v) is 6.84. The van der Waals surface area contributed by atoms with Gasteiger partial charge in [-0.25, -0.2) is 10.9 Å². The fourth-order valence-corrected chi connectivity index (χ4v) is 4.16. The van der Waals surface area contributed by atoms with Crippen molar-refractivity contribution in [3.63, 3.8) is 0 Å². The van der Waals surface area contributed by atoms with Crippen molar-refractivity contribution >= 4 is 50.1 Å². The predicted molar refractivity (Wildman–Crippen MR) is 93.9 cm³/mol. The molecule has 1 aromatic heterocycles. The molecule has 0 spiro atoms. The SMILES string of the molecule is CC1=NNC(=O)C1C1C(=O)NN=C(c2c[nH]c3ccccc23)C1Br. The first-order valence-corrected chi connectivity index (χ1v) is 8.41. The van der Waals surface area contributed by atoms with E-state index >= 15 is 0 Å². The largest absolute Gasteiger partial charge is 0.360 e. The van der Waals surface area contributed by atoms with Crippen LogP contribution in [0.1, 0.15) is 12.5 Å². The van der Waals surface area contributed by atoms with E-state index in [-0.39, 0.29) is 11.8 Å². The number of carbonyl (C=O) groups is 2. The van der Waals surface area contributed by atoms with E-state index in [2.05, 4.69) is 42.0 Å². The van der Waals surface area contributed by atoms with Crippen LogP contribution < -0.4 is 10.9 Å². The number of nitrogens with one attached hydrogen (secondary N) is 3. The van der Waals surface area contributed by atoms with E-state index < -0.39 is 16.7 Å². The van der Waals surface area contributed by atoms with Crippen molar-refractivity contribution in [2.45, 2.75) is 11.8 Å². The van der Waals surface area contributed by atoms with Crippen LogP contribution in [0, 0.1) is 11.8 Å². The molecule has 1 aromatic carbocycles. The van der Waals surface area contributed by atoms with Gasteiger partial charge in [-0.2, -0.15) is 10.2 Å². The summed E-state index contributed by atoms with van der Waals surface area (Å²) in [4.78, 5) is 27.3. The topological polar surface area (TPSA) is 98.7 Å². The number of aromatic nitrogens is 1. The molecule has 0 saturated carbocycles. The monoisotopic (exact) mass is 387 g/mol. The summed E-state index contributed by atoms with van der Waals surface area (Å²) in [6.45, 7) is 1.74. The van der Waals surface area contributed by atoms with Gasteiger partial charge in [-0.05, 0) is 13.0 Å². The Morgan fingerprint density at radius 1 is 1.08 bits per heavy atom. The van der Waals surface area contributed by atoms with Crippen LogP contribution in [-0.2, 0) is 9.59 Å². The molecule has 0 bridgehead atoms. The zero-order valence-corrected chi connectivity index (χ0v) is 14.3. The molecule has 0 aliphatic carbocycles. The highest BCUT2D eigenvalue weighted by Crippen LogP contribution is 2.33. The Bertz CT molecular complexity index is 916. The second kappa shape index (κ2) is 5.55. The third kappa shape index (κ3) is 2.17. The maximum absolute atomic E-state index is 12.4. The number of carbonyl (C=O) groups excluding carboxylic acids is 2. The molecule has 3 heterocycles. The minimum Gasteiger partial charge on any atom is -0.360 e. The average Bonchev–Trinajstić information content (AvgIpc) is 3.13. The summed E-state index contributed by atoms with van der Waals surface area (Å²) in [5, 5.41) is 9.20. The molecule has 3 N–H and O–H groups in total. The lowest BCUT2D eigenvalue weighted by molar-refractivity contribution is -0.131. The molecule has 2 aliphatic rings. The molecule has 3 atom stereocenters. The van der Waals surface area contributed by atoms with E-state index in [9.17, 15) is 9.59 Å². The second-order valence-electron chi connectivity index (χ2n) is 5.86. The van der Waals surface area contributed by atoms with Crippen LogP contribution in [0.4, 0.5) is 0 Å². The maximum Gasteiger partial charge on any atom is 0.249 e. The van der Waals surface area contributed by atoms with Crippen LogP contribution in [0.3, 0.4) is 0 Å². The van der Waals surface area contributed by atoms with Crippen LogP contribution in [0.2, 0.25) is 0 Å². The minimum atomic E-state index is -0.614. The van der Waals surface area contributed by atoms with Gasteiger partial charge in [-0.3, -0.25) is 9.59 Å². The zero-order valence-electron chi connectivity index (χ0n) is 12.7. The first-order valence-electron chi connectivity index (χ1n) is 7.50. The molecule has 0 fully saturated rings. The molecule has 2 aliphatic heterocycles. The number of alkyl halides is 1. The van der Waals surface area contributed by atoms with Crippen molar-refractivity contribution in [2.75, 3.05) is 0 Å². The molecule has 2 amide bonds. The van der Waals surface area contributed by atoms with Gasteiger partial charge in [0.25, 0.3) is 0 Å². The number of hydrazone groups is 2. The van der Waals surface area contributed by atoms with Gasteiger partial charge >= 0.3 is 0 Å². The molecule has 122 valence electrons. The lowest BCUT2D eigenvalue weighted by Crippen LogP contribution is -2.49. The number of hydrogen-bond acceptors (Lipinski definition) is 4. The van der Waals surface area contributed by atoms with Gasteiger partial charge < -0.3 is 4.98 Å². The van der Waals surface area contributed by atoms with Crippen LogP contribution in [0.25, 0.3) is 10.9 Å². The number of aromatic amines is 1. The number of halogens is 1. The summed E-state index contributed by atoms with van der Waals surface area (Å²) in [6, 6.07) is 7.86. The molecular formula is C16H14BrN5O2. The summed E-state index contributed by atoms with van der Waals surface area (Å²) in [6.07, 6.45) is 1.86. The predicted octanol–water partition coefficient (Wildman–Crippen LogP) is 1.50. The summed E-state index contributed by atoms with van der Waals surface area (Å²) >= 11 is 3.59. The number of amides is 2. The third-order valence-corrected chi connectivity index (χ3v) is 5.47. The highest BCUT2D eigenvalue weighted by Gasteiger charge is 2.46. The van der Waals surface area contributed by atoms with E-state index in [0.717, 1.165) is 16.5 Å². The minimum absolute atomic E-state index is 0.266. The molecular weight excluding hydrogens is 374 g/mol. The standard InChI is InChI=1S/C16H14BrN5O2/c1-7-11(15(23)21-19-7)12-13(17)14(20-22-16(12)24)9-6-18-10-5-3-2-4-8(9)10/h2-6,11-13,18H,1H3,(H,21,23)(H,22,24). The number of nitrogens with zero attached hydrogens (tertiary/aromatic N) is 2. The van der Waals surface area contributed by atoms with Crippen molar-refractivity contribution < 1.29 is 9.59 Å². The average molecular weight is 388 g/mol. The molecule has 2 aromatic rings. The van der Waals surface area contributed by atoms with E-state index in [1.165, 1.54) is 0 Å². The molecule has 3 unspecified atom stereocenters. The fourth-order valence-electron chi connectivity index (χ4n) is 3.26. The lowest BCUT2D eigenvalue weighted by atomic mass is 9.82. The summed E-state index contributed by atoms with van der Waals surface area (Å²) in [5.41, 5.74) is 8.16. The Labute approximate surface area is 145 Å². The van der Waals surface area contributed by atoms with Crippen LogP contribution >= 0.6 is 15.9 Å². The lowest BCUT2D eigenvalue weighted by Gasteiger charge is -2.29. The number of fused-ring (bicyclic) bond motifs is 1. The quantitative estimate of drug-likeness (QED) is 0.680. The third-order valence-electron chi connectivity index (χ3n) is 4.47. The van der Waals surface area contributed by atoms with Gasteiger partial charge in [0.2, 0.25) is 11.8 Å². The Hall–Kier alpha value is -2.48. The van der Waals surface area contributed by atoms with E-state index in [1.54, 1.807) is 6.92 Å². The highest BCUT2D eigenvalue weighted by atomic mass is 79.9. The number of para-hydroxylation sites is 1. The number of hydrogen-bond donors (Lipinski definition) is 3. The Balaban J connectivity index is 1.77. The molecule has 4 rings (SSSR count).